The first kappa shape index (κ1) is 16.8. The molecule has 0 atom stereocenters. The van der Waals surface area contributed by atoms with Crippen molar-refractivity contribution in [2.24, 2.45) is 0 Å². The first-order valence-corrected chi connectivity index (χ1v) is 8.47. The molecule has 0 bridgehead atoms. The predicted molar refractivity (Wildman–Crippen MR) is 102 cm³/mol. The molecule has 0 saturated heterocycles. The summed E-state index contributed by atoms with van der Waals surface area (Å²) in [5.41, 5.74) is 1.20. The summed E-state index contributed by atoms with van der Waals surface area (Å²) >= 11 is 0. The van der Waals surface area contributed by atoms with Crippen LogP contribution in [0.4, 0.5) is 17.1 Å². The molecule has 0 unspecified atom stereocenters. The Balaban J connectivity index is 1.64. The zero-order valence-corrected chi connectivity index (χ0v) is 14.5. The molecule has 1 heterocycles. The Morgan fingerprint density at radius 3 is 2.59 bits per heavy atom. The molecule has 0 aliphatic carbocycles. The molecule has 0 aromatic heterocycles. The number of rotatable bonds is 5. The van der Waals surface area contributed by atoms with E-state index in [-0.39, 0.29) is 18.2 Å². The number of benzene rings is 2. The van der Waals surface area contributed by atoms with Crippen molar-refractivity contribution in [2.75, 3.05) is 23.8 Å². The molecule has 1 aliphatic rings. The summed E-state index contributed by atoms with van der Waals surface area (Å²) < 4.78 is 10.8. The van der Waals surface area contributed by atoms with Gasteiger partial charge in [-0.3, -0.25) is 14.4 Å². The molecule has 136 valence electrons. The largest absolute Gasteiger partial charge is 0.494 e. The van der Waals surface area contributed by atoms with Gasteiger partial charge in [0.25, 0.3) is 11.3 Å². The van der Waals surface area contributed by atoms with Crippen LogP contribution in [0.3, 0.4) is 0 Å². The molecule has 7 heteroatoms. The molecule has 3 aromatic carbocycles. The van der Waals surface area contributed by atoms with Crippen molar-refractivity contribution in [1.82, 2.24) is 0 Å². The number of hydrogen-bond acceptors (Lipinski definition) is 6. The third kappa shape index (κ3) is 3.03. The number of amides is 1. The summed E-state index contributed by atoms with van der Waals surface area (Å²) in [5.74, 6) is 0.955. The van der Waals surface area contributed by atoms with Crippen LogP contribution in [0.25, 0.3) is 11.1 Å². The fourth-order valence-corrected chi connectivity index (χ4v) is 2.96. The van der Waals surface area contributed by atoms with Crippen LogP contribution in [-0.4, -0.2) is 19.1 Å². The minimum Gasteiger partial charge on any atom is -0.494 e. The SMILES string of the molecule is CCOc1ccc(Nc2c(-c3ccc4c(c3)OCC(=O)N4)c(=O)c2=O)cc1. The topological polar surface area (TPSA) is 93.7 Å². The standard InChI is InChI=1S/C20H16N2O5/c1-2-26-13-6-4-12(5-7-13)21-18-17(19(24)20(18)25)11-3-8-14-15(9-11)27-10-16(23)22-14/h3-9,21H,2,10H2,1H3,(H,22,23). The van der Waals surface area contributed by atoms with Crippen LogP contribution in [-0.2, 0) is 4.79 Å². The van der Waals surface area contributed by atoms with E-state index in [1.165, 1.54) is 0 Å². The van der Waals surface area contributed by atoms with Gasteiger partial charge in [-0.2, -0.15) is 0 Å². The lowest BCUT2D eigenvalue weighted by atomic mass is 9.97. The van der Waals surface area contributed by atoms with Crippen LogP contribution < -0.4 is 31.0 Å². The minimum atomic E-state index is -0.564. The molecule has 2 N–H and O–H groups in total. The molecule has 4 rings (SSSR count). The Morgan fingerprint density at radius 1 is 1.07 bits per heavy atom. The monoisotopic (exact) mass is 364 g/mol. The fourth-order valence-electron chi connectivity index (χ4n) is 2.96. The summed E-state index contributed by atoms with van der Waals surface area (Å²) in [6.07, 6.45) is 0. The molecule has 27 heavy (non-hydrogen) atoms. The second-order valence-corrected chi connectivity index (χ2v) is 6.04. The van der Waals surface area contributed by atoms with Crippen molar-refractivity contribution in [1.29, 1.82) is 0 Å². The van der Waals surface area contributed by atoms with Crippen molar-refractivity contribution in [2.45, 2.75) is 6.92 Å². The Labute approximate surface area is 154 Å². The van der Waals surface area contributed by atoms with Gasteiger partial charge < -0.3 is 20.1 Å². The van der Waals surface area contributed by atoms with Gasteiger partial charge in [0, 0.05) is 5.69 Å². The van der Waals surface area contributed by atoms with Crippen LogP contribution in [0.5, 0.6) is 11.5 Å². The first-order chi connectivity index (χ1) is 13.1. The highest BCUT2D eigenvalue weighted by molar-refractivity contribution is 5.96. The Hall–Kier alpha value is -3.61. The number of nitrogens with one attached hydrogen (secondary N) is 2. The third-order valence-corrected chi connectivity index (χ3v) is 4.25. The lowest BCUT2D eigenvalue weighted by Gasteiger charge is -2.19. The summed E-state index contributed by atoms with van der Waals surface area (Å²) in [6, 6.07) is 12.1. The molecule has 0 spiro atoms. The van der Waals surface area contributed by atoms with E-state index in [0.717, 1.165) is 5.75 Å². The fraction of sp³-hybridized carbons (Fsp3) is 0.150. The van der Waals surface area contributed by atoms with E-state index >= 15 is 0 Å². The van der Waals surface area contributed by atoms with Crippen molar-refractivity contribution in [3.05, 3.63) is 62.9 Å². The van der Waals surface area contributed by atoms with Crippen LogP contribution in [0.1, 0.15) is 6.92 Å². The van der Waals surface area contributed by atoms with Gasteiger partial charge in [0.15, 0.2) is 6.61 Å². The second kappa shape index (κ2) is 6.60. The normalized spacial score (nSPS) is 12.9. The van der Waals surface area contributed by atoms with Crippen LogP contribution in [0.2, 0.25) is 0 Å². The van der Waals surface area contributed by atoms with Crippen LogP contribution in [0, 0.1) is 0 Å². The minimum absolute atomic E-state index is 0.0837. The lowest BCUT2D eigenvalue weighted by Crippen LogP contribution is -2.35. The van der Waals surface area contributed by atoms with E-state index in [2.05, 4.69) is 10.6 Å². The average molecular weight is 364 g/mol. The summed E-state index contributed by atoms with van der Waals surface area (Å²) in [6.45, 7) is 2.38. The van der Waals surface area contributed by atoms with Crippen LogP contribution in [0.15, 0.2) is 52.1 Å². The molecular formula is C20H16N2O5. The molecule has 1 aliphatic heterocycles. The maximum Gasteiger partial charge on any atom is 0.262 e. The zero-order valence-electron chi connectivity index (χ0n) is 14.5. The molecule has 3 aromatic rings. The maximum absolute atomic E-state index is 12.1. The third-order valence-electron chi connectivity index (χ3n) is 4.25. The first-order valence-electron chi connectivity index (χ1n) is 8.47. The summed E-state index contributed by atoms with van der Waals surface area (Å²) in [7, 11) is 0. The number of carbonyl (C=O) groups is 1. The van der Waals surface area contributed by atoms with E-state index in [0.29, 0.717) is 34.9 Å². The second-order valence-electron chi connectivity index (χ2n) is 6.04. The smallest absolute Gasteiger partial charge is 0.262 e. The predicted octanol–water partition coefficient (Wildman–Crippen LogP) is 2.42. The van der Waals surface area contributed by atoms with Gasteiger partial charge in [0.1, 0.15) is 17.2 Å². The molecule has 1 amide bonds. The number of carbonyl (C=O) groups excluding carboxylic acids is 1. The van der Waals surface area contributed by atoms with Crippen molar-refractivity contribution < 1.29 is 14.3 Å². The number of anilines is 3. The highest BCUT2D eigenvalue weighted by Gasteiger charge is 2.24. The Kier molecular flexibility index (Phi) is 4.12. The van der Waals surface area contributed by atoms with E-state index in [1.54, 1.807) is 42.5 Å². The lowest BCUT2D eigenvalue weighted by molar-refractivity contribution is -0.118. The van der Waals surface area contributed by atoms with Gasteiger partial charge in [-0.25, -0.2) is 0 Å². The number of fused-ring (bicyclic) bond motifs is 1. The van der Waals surface area contributed by atoms with Gasteiger partial charge in [-0.15, -0.1) is 0 Å². The maximum atomic E-state index is 12.1. The average Bonchev–Trinajstić information content (AvgIpc) is 2.68. The van der Waals surface area contributed by atoms with Crippen molar-refractivity contribution in [3.63, 3.8) is 0 Å². The number of hydrogen-bond donors (Lipinski definition) is 2. The van der Waals surface area contributed by atoms with Crippen molar-refractivity contribution >= 4 is 23.0 Å². The Morgan fingerprint density at radius 2 is 1.85 bits per heavy atom. The van der Waals surface area contributed by atoms with Gasteiger partial charge in [0.2, 0.25) is 5.43 Å². The van der Waals surface area contributed by atoms with E-state index < -0.39 is 10.9 Å². The van der Waals surface area contributed by atoms with E-state index in [1.807, 2.05) is 6.92 Å². The van der Waals surface area contributed by atoms with Crippen molar-refractivity contribution in [3.8, 4) is 22.6 Å². The highest BCUT2D eigenvalue weighted by Crippen LogP contribution is 2.34. The zero-order chi connectivity index (χ0) is 19.0. The highest BCUT2D eigenvalue weighted by atomic mass is 16.5. The van der Waals surface area contributed by atoms with Gasteiger partial charge in [-0.1, -0.05) is 6.07 Å². The van der Waals surface area contributed by atoms with E-state index in [9.17, 15) is 14.4 Å². The summed E-state index contributed by atoms with van der Waals surface area (Å²) in [4.78, 5) is 35.6. The summed E-state index contributed by atoms with van der Waals surface area (Å²) in [5, 5.41) is 5.70. The van der Waals surface area contributed by atoms with E-state index in [4.69, 9.17) is 9.47 Å². The molecule has 0 radical (unpaired) electrons. The quantitative estimate of drug-likeness (QED) is 0.676. The molecule has 0 fully saturated rings. The van der Waals surface area contributed by atoms with Crippen LogP contribution >= 0.6 is 0 Å². The van der Waals surface area contributed by atoms with Gasteiger partial charge in [-0.05, 0) is 48.9 Å². The van der Waals surface area contributed by atoms with Gasteiger partial charge in [0.05, 0.1) is 17.9 Å². The molecule has 7 nitrogen and oxygen atoms in total. The Bertz CT molecular complexity index is 1090. The molecule has 0 saturated carbocycles. The molecular weight excluding hydrogens is 348 g/mol. The van der Waals surface area contributed by atoms with Gasteiger partial charge >= 0.3 is 0 Å². The number of ether oxygens (including phenoxy) is 2.